The molecule has 0 aliphatic carbocycles. The Labute approximate surface area is 100 Å². The van der Waals surface area contributed by atoms with E-state index in [0.717, 1.165) is 0 Å². The van der Waals surface area contributed by atoms with Crippen molar-refractivity contribution in [1.82, 2.24) is 5.32 Å². The first-order chi connectivity index (χ1) is 7.95. The summed E-state index contributed by atoms with van der Waals surface area (Å²) in [6.07, 6.45) is 0.129. The fourth-order valence-electron chi connectivity index (χ4n) is 1.20. The van der Waals surface area contributed by atoms with Gasteiger partial charge in [0.2, 0.25) is 5.91 Å². The average molecular weight is 245 g/mol. The number of carboxylic acid groups (broad SMARTS) is 1. The predicted octanol–water partition coefficient (Wildman–Crippen LogP) is 0.557. The van der Waals surface area contributed by atoms with E-state index >= 15 is 0 Å². The van der Waals surface area contributed by atoms with E-state index in [4.69, 9.17) is 5.11 Å². The van der Waals surface area contributed by atoms with E-state index in [2.05, 4.69) is 10.1 Å². The predicted molar refractivity (Wildman–Crippen MR) is 60.3 cm³/mol. The van der Waals surface area contributed by atoms with Crippen molar-refractivity contribution < 1.29 is 24.2 Å². The minimum absolute atomic E-state index is 0.0121. The Balaban J connectivity index is 3.65. The molecule has 0 heterocycles. The normalized spacial score (nSPS) is 11.6. The highest BCUT2D eigenvalue weighted by molar-refractivity contribution is 5.81. The molecule has 17 heavy (non-hydrogen) atoms. The smallest absolute Gasteiger partial charge is 0.306 e. The van der Waals surface area contributed by atoms with Crippen molar-refractivity contribution in [3.8, 4) is 0 Å². The highest BCUT2D eigenvalue weighted by Crippen LogP contribution is 2.00. The number of carbonyl (C=O) groups is 3. The quantitative estimate of drug-likeness (QED) is 0.609. The zero-order valence-electron chi connectivity index (χ0n) is 10.2. The number of ether oxygens (including phenoxy) is 1. The van der Waals surface area contributed by atoms with Crippen LogP contribution in [-0.4, -0.2) is 36.1 Å². The van der Waals surface area contributed by atoms with E-state index in [1.807, 2.05) is 0 Å². The van der Waals surface area contributed by atoms with Crippen molar-refractivity contribution in [2.45, 2.75) is 33.1 Å². The lowest BCUT2D eigenvalue weighted by molar-refractivity contribution is -0.144. The van der Waals surface area contributed by atoms with Crippen LogP contribution in [0, 0.1) is 5.92 Å². The molecule has 0 aromatic heterocycles. The third-order valence-electron chi connectivity index (χ3n) is 2.03. The van der Waals surface area contributed by atoms with Gasteiger partial charge in [0, 0.05) is 19.4 Å². The van der Waals surface area contributed by atoms with Gasteiger partial charge in [-0.25, -0.2) is 0 Å². The fourth-order valence-corrected chi connectivity index (χ4v) is 1.20. The molecule has 0 rings (SSSR count). The molecular formula is C11H19NO5. The number of nitrogens with one attached hydrogen (secondary N) is 1. The Kier molecular flexibility index (Phi) is 7.75. The molecule has 6 heteroatoms. The molecule has 6 nitrogen and oxygen atoms in total. The van der Waals surface area contributed by atoms with E-state index in [9.17, 15) is 14.4 Å². The number of esters is 1. The second-order valence-electron chi connectivity index (χ2n) is 3.81. The molecule has 0 bridgehead atoms. The molecule has 98 valence electrons. The minimum atomic E-state index is -0.890. The standard InChI is InChI=1S/C11H19NO5/c1-3-17-11(16)5-4-9(13)12-7-8(2)6-10(14)15/h8H,3-7H2,1-2H3,(H,12,13)(H,14,15). The van der Waals surface area contributed by atoms with Gasteiger partial charge >= 0.3 is 11.9 Å². The largest absolute Gasteiger partial charge is 0.481 e. The molecule has 0 saturated carbocycles. The molecule has 0 aromatic carbocycles. The Hall–Kier alpha value is -1.59. The molecule has 0 aliphatic heterocycles. The summed E-state index contributed by atoms with van der Waals surface area (Å²) >= 11 is 0. The first-order valence-electron chi connectivity index (χ1n) is 5.59. The van der Waals surface area contributed by atoms with Crippen LogP contribution in [0.15, 0.2) is 0 Å². The minimum Gasteiger partial charge on any atom is -0.481 e. The zero-order chi connectivity index (χ0) is 13.3. The lowest BCUT2D eigenvalue weighted by Gasteiger charge is -2.10. The third-order valence-corrected chi connectivity index (χ3v) is 2.03. The second kappa shape index (κ2) is 8.55. The van der Waals surface area contributed by atoms with Gasteiger partial charge in [-0.3, -0.25) is 14.4 Å². The second-order valence-corrected chi connectivity index (χ2v) is 3.81. The first-order valence-corrected chi connectivity index (χ1v) is 5.59. The molecule has 0 aliphatic rings. The molecule has 0 saturated heterocycles. The Bertz CT molecular complexity index is 277. The van der Waals surface area contributed by atoms with Crippen LogP contribution in [0.1, 0.15) is 33.1 Å². The molecule has 0 spiro atoms. The van der Waals surface area contributed by atoms with Gasteiger partial charge in [0.05, 0.1) is 13.0 Å². The first kappa shape index (κ1) is 15.4. The Morgan fingerprint density at radius 3 is 2.47 bits per heavy atom. The van der Waals surface area contributed by atoms with Gasteiger partial charge in [-0.1, -0.05) is 6.92 Å². The van der Waals surface area contributed by atoms with Crippen LogP contribution < -0.4 is 5.32 Å². The van der Waals surface area contributed by atoms with E-state index in [0.29, 0.717) is 13.2 Å². The number of carbonyl (C=O) groups excluding carboxylic acids is 2. The lowest BCUT2D eigenvalue weighted by atomic mass is 10.1. The summed E-state index contributed by atoms with van der Waals surface area (Å²) in [6.45, 7) is 4.04. The number of hydrogen-bond acceptors (Lipinski definition) is 4. The fraction of sp³-hybridized carbons (Fsp3) is 0.727. The Morgan fingerprint density at radius 1 is 1.29 bits per heavy atom. The van der Waals surface area contributed by atoms with Crippen molar-refractivity contribution in [3.63, 3.8) is 0 Å². The molecule has 1 amide bonds. The molecule has 0 fully saturated rings. The van der Waals surface area contributed by atoms with Crippen molar-refractivity contribution >= 4 is 17.8 Å². The summed E-state index contributed by atoms with van der Waals surface area (Å²) in [4.78, 5) is 32.6. The highest BCUT2D eigenvalue weighted by atomic mass is 16.5. The van der Waals surface area contributed by atoms with E-state index in [1.54, 1.807) is 13.8 Å². The van der Waals surface area contributed by atoms with Gasteiger partial charge in [-0.05, 0) is 12.8 Å². The van der Waals surface area contributed by atoms with Gasteiger partial charge in [0.1, 0.15) is 0 Å². The SMILES string of the molecule is CCOC(=O)CCC(=O)NCC(C)CC(=O)O. The van der Waals surface area contributed by atoms with Crippen LogP contribution in [0.5, 0.6) is 0 Å². The maximum absolute atomic E-state index is 11.3. The number of amides is 1. The summed E-state index contributed by atoms with van der Waals surface area (Å²) in [7, 11) is 0. The highest BCUT2D eigenvalue weighted by Gasteiger charge is 2.10. The Morgan fingerprint density at radius 2 is 1.94 bits per heavy atom. The van der Waals surface area contributed by atoms with E-state index in [1.165, 1.54) is 0 Å². The lowest BCUT2D eigenvalue weighted by Crippen LogP contribution is -2.29. The third kappa shape index (κ3) is 9.35. The number of rotatable bonds is 8. The van der Waals surface area contributed by atoms with Crippen LogP contribution in [0.25, 0.3) is 0 Å². The van der Waals surface area contributed by atoms with Crippen molar-refractivity contribution in [2.75, 3.05) is 13.2 Å². The van der Waals surface area contributed by atoms with Gasteiger partial charge in [0.25, 0.3) is 0 Å². The molecule has 1 atom stereocenters. The molecule has 1 unspecified atom stereocenters. The van der Waals surface area contributed by atoms with Gasteiger partial charge in [-0.2, -0.15) is 0 Å². The van der Waals surface area contributed by atoms with Gasteiger partial charge in [0.15, 0.2) is 0 Å². The van der Waals surface area contributed by atoms with Crippen molar-refractivity contribution in [2.24, 2.45) is 5.92 Å². The van der Waals surface area contributed by atoms with E-state index in [-0.39, 0.29) is 31.1 Å². The molecule has 0 radical (unpaired) electrons. The van der Waals surface area contributed by atoms with Crippen LogP contribution in [0.2, 0.25) is 0 Å². The molecule has 0 aromatic rings. The van der Waals surface area contributed by atoms with Crippen LogP contribution in [-0.2, 0) is 19.1 Å². The van der Waals surface area contributed by atoms with Gasteiger partial charge in [-0.15, -0.1) is 0 Å². The summed E-state index contributed by atoms with van der Waals surface area (Å²) in [5.74, 6) is -1.69. The maximum Gasteiger partial charge on any atom is 0.306 e. The van der Waals surface area contributed by atoms with E-state index < -0.39 is 11.9 Å². The van der Waals surface area contributed by atoms with Gasteiger partial charge < -0.3 is 15.2 Å². The topological polar surface area (TPSA) is 92.7 Å². The molecule has 2 N–H and O–H groups in total. The summed E-state index contributed by atoms with van der Waals surface area (Å²) in [5, 5.41) is 11.1. The zero-order valence-corrected chi connectivity index (χ0v) is 10.2. The average Bonchev–Trinajstić information content (AvgIpc) is 2.23. The van der Waals surface area contributed by atoms with Crippen LogP contribution in [0.3, 0.4) is 0 Å². The summed E-state index contributed by atoms with van der Waals surface area (Å²) < 4.78 is 4.67. The summed E-state index contributed by atoms with van der Waals surface area (Å²) in [6, 6.07) is 0. The number of hydrogen-bond donors (Lipinski definition) is 2. The monoisotopic (exact) mass is 245 g/mol. The van der Waals surface area contributed by atoms with Crippen molar-refractivity contribution in [1.29, 1.82) is 0 Å². The molecular weight excluding hydrogens is 226 g/mol. The van der Waals surface area contributed by atoms with Crippen molar-refractivity contribution in [3.05, 3.63) is 0 Å². The van der Waals surface area contributed by atoms with Crippen LogP contribution >= 0.6 is 0 Å². The number of carboxylic acids is 1. The maximum atomic E-state index is 11.3. The van der Waals surface area contributed by atoms with Crippen LogP contribution in [0.4, 0.5) is 0 Å². The number of aliphatic carboxylic acids is 1. The summed E-state index contributed by atoms with van der Waals surface area (Å²) in [5.41, 5.74) is 0.